The van der Waals surface area contributed by atoms with E-state index in [0.717, 1.165) is 18.7 Å². The number of hydrogen-bond acceptors (Lipinski definition) is 5. The summed E-state index contributed by atoms with van der Waals surface area (Å²) in [5.74, 6) is 2.01. The van der Waals surface area contributed by atoms with Gasteiger partial charge in [-0.15, -0.1) is 0 Å². The molecule has 1 saturated heterocycles. The molecule has 2 heterocycles. The van der Waals surface area contributed by atoms with E-state index in [1.54, 1.807) is 0 Å². The van der Waals surface area contributed by atoms with E-state index in [1.807, 2.05) is 0 Å². The van der Waals surface area contributed by atoms with Crippen LogP contribution < -0.4 is 5.73 Å². The van der Waals surface area contributed by atoms with Gasteiger partial charge in [0.15, 0.2) is 5.82 Å². The Bertz CT molecular complexity index is 387. The van der Waals surface area contributed by atoms with Crippen molar-refractivity contribution in [2.45, 2.75) is 63.1 Å². The van der Waals surface area contributed by atoms with E-state index in [4.69, 9.17) is 15.0 Å². The molecule has 0 radical (unpaired) electrons. The second-order valence-electron chi connectivity index (χ2n) is 5.39. The standard InChI is InChI=1S/C13H21N3O2/c14-8-10-6-7-11(17-10)13-15-12(16-18-13)9-4-2-1-3-5-9/h9-11H,1-8,14H2/t10-,11+/m1/s1. The maximum atomic E-state index is 5.78. The van der Waals surface area contributed by atoms with Crippen molar-refractivity contribution in [2.75, 3.05) is 6.54 Å². The third kappa shape index (κ3) is 2.42. The highest BCUT2D eigenvalue weighted by molar-refractivity contribution is 4.99. The highest BCUT2D eigenvalue weighted by Crippen LogP contribution is 2.34. The molecule has 0 bridgehead atoms. The Morgan fingerprint density at radius 3 is 2.67 bits per heavy atom. The zero-order valence-electron chi connectivity index (χ0n) is 10.7. The Hall–Kier alpha value is -0.940. The normalized spacial score (nSPS) is 29.8. The monoisotopic (exact) mass is 251 g/mol. The van der Waals surface area contributed by atoms with Gasteiger partial charge in [0.2, 0.25) is 0 Å². The maximum absolute atomic E-state index is 5.78. The second-order valence-corrected chi connectivity index (χ2v) is 5.39. The lowest BCUT2D eigenvalue weighted by Crippen LogP contribution is -2.18. The third-order valence-corrected chi connectivity index (χ3v) is 4.07. The fraction of sp³-hybridized carbons (Fsp3) is 0.846. The van der Waals surface area contributed by atoms with E-state index < -0.39 is 0 Å². The van der Waals surface area contributed by atoms with Gasteiger partial charge in [0, 0.05) is 12.5 Å². The molecule has 0 amide bonds. The Morgan fingerprint density at radius 2 is 1.94 bits per heavy atom. The zero-order valence-corrected chi connectivity index (χ0v) is 10.7. The van der Waals surface area contributed by atoms with Crippen LogP contribution in [0.15, 0.2) is 4.52 Å². The van der Waals surface area contributed by atoms with Gasteiger partial charge in [-0.05, 0) is 25.7 Å². The topological polar surface area (TPSA) is 74.2 Å². The van der Waals surface area contributed by atoms with Gasteiger partial charge in [0.1, 0.15) is 6.10 Å². The predicted octanol–water partition coefficient (Wildman–Crippen LogP) is 2.30. The van der Waals surface area contributed by atoms with Gasteiger partial charge in [-0.3, -0.25) is 0 Å². The lowest BCUT2D eigenvalue weighted by molar-refractivity contribution is 0.0307. The first-order valence-corrected chi connectivity index (χ1v) is 7.06. The predicted molar refractivity (Wildman–Crippen MR) is 66.0 cm³/mol. The molecule has 1 aliphatic heterocycles. The van der Waals surface area contributed by atoms with Crippen LogP contribution in [0, 0.1) is 0 Å². The molecule has 0 spiro atoms. The molecule has 3 rings (SSSR count). The summed E-state index contributed by atoms with van der Waals surface area (Å²) in [7, 11) is 0. The van der Waals surface area contributed by atoms with Gasteiger partial charge >= 0.3 is 0 Å². The van der Waals surface area contributed by atoms with Crippen LogP contribution in [0.3, 0.4) is 0 Å². The van der Waals surface area contributed by atoms with Gasteiger partial charge in [-0.1, -0.05) is 24.4 Å². The summed E-state index contributed by atoms with van der Waals surface area (Å²) >= 11 is 0. The van der Waals surface area contributed by atoms with E-state index >= 15 is 0 Å². The minimum absolute atomic E-state index is 0.0385. The largest absolute Gasteiger partial charge is 0.364 e. The van der Waals surface area contributed by atoms with Crippen LogP contribution in [-0.2, 0) is 4.74 Å². The van der Waals surface area contributed by atoms with Crippen molar-refractivity contribution in [3.63, 3.8) is 0 Å². The molecule has 2 atom stereocenters. The zero-order chi connectivity index (χ0) is 12.4. The fourth-order valence-corrected chi connectivity index (χ4v) is 2.97. The molecule has 5 nitrogen and oxygen atoms in total. The lowest BCUT2D eigenvalue weighted by Gasteiger charge is -2.17. The number of rotatable bonds is 3. The minimum atomic E-state index is -0.0385. The summed E-state index contributed by atoms with van der Waals surface area (Å²) in [4.78, 5) is 4.54. The van der Waals surface area contributed by atoms with Gasteiger partial charge in [0.25, 0.3) is 5.89 Å². The summed E-state index contributed by atoms with van der Waals surface area (Å²) in [5, 5.41) is 4.14. The van der Waals surface area contributed by atoms with Crippen molar-refractivity contribution < 1.29 is 9.26 Å². The summed E-state index contributed by atoms with van der Waals surface area (Å²) in [5.41, 5.74) is 5.60. The van der Waals surface area contributed by atoms with Crippen LogP contribution in [0.2, 0.25) is 0 Å². The molecular weight excluding hydrogens is 230 g/mol. The molecule has 2 N–H and O–H groups in total. The van der Waals surface area contributed by atoms with Crippen molar-refractivity contribution in [3.05, 3.63) is 11.7 Å². The van der Waals surface area contributed by atoms with E-state index in [0.29, 0.717) is 18.4 Å². The van der Waals surface area contributed by atoms with Gasteiger partial charge in [-0.2, -0.15) is 4.98 Å². The summed E-state index contributed by atoms with van der Waals surface area (Å²) in [6, 6.07) is 0. The average Bonchev–Trinajstić information content (AvgIpc) is 3.08. The molecular formula is C13H21N3O2. The van der Waals surface area contributed by atoms with Crippen molar-refractivity contribution >= 4 is 0 Å². The maximum Gasteiger partial charge on any atom is 0.255 e. The van der Waals surface area contributed by atoms with Gasteiger partial charge < -0.3 is 15.0 Å². The van der Waals surface area contributed by atoms with Gasteiger partial charge in [0.05, 0.1) is 6.10 Å². The van der Waals surface area contributed by atoms with Crippen LogP contribution in [-0.4, -0.2) is 22.8 Å². The third-order valence-electron chi connectivity index (χ3n) is 4.07. The average molecular weight is 251 g/mol. The first-order chi connectivity index (χ1) is 8.86. The van der Waals surface area contributed by atoms with Crippen molar-refractivity contribution in [1.82, 2.24) is 10.1 Å². The molecule has 1 aliphatic carbocycles. The van der Waals surface area contributed by atoms with Crippen LogP contribution >= 0.6 is 0 Å². The molecule has 5 heteroatoms. The summed E-state index contributed by atoms with van der Waals surface area (Å²) < 4.78 is 11.1. The highest BCUT2D eigenvalue weighted by atomic mass is 16.5. The van der Waals surface area contributed by atoms with Crippen LogP contribution in [0.1, 0.15) is 68.7 Å². The first kappa shape index (κ1) is 12.1. The summed E-state index contributed by atoms with van der Waals surface area (Å²) in [6.45, 7) is 0.570. The highest BCUT2D eigenvalue weighted by Gasteiger charge is 2.31. The Balaban J connectivity index is 1.66. The number of nitrogens with zero attached hydrogens (tertiary/aromatic N) is 2. The molecule has 2 fully saturated rings. The van der Waals surface area contributed by atoms with Crippen molar-refractivity contribution in [1.29, 1.82) is 0 Å². The van der Waals surface area contributed by atoms with Crippen LogP contribution in [0.4, 0.5) is 0 Å². The molecule has 2 aliphatic rings. The van der Waals surface area contributed by atoms with Crippen molar-refractivity contribution in [3.8, 4) is 0 Å². The smallest absolute Gasteiger partial charge is 0.255 e. The lowest BCUT2D eigenvalue weighted by atomic mass is 9.89. The summed E-state index contributed by atoms with van der Waals surface area (Å²) in [6.07, 6.45) is 8.32. The molecule has 18 heavy (non-hydrogen) atoms. The van der Waals surface area contributed by atoms with Crippen LogP contribution in [0.5, 0.6) is 0 Å². The van der Waals surface area contributed by atoms with Crippen molar-refractivity contribution in [2.24, 2.45) is 5.73 Å². The molecule has 1 saturated carbocycles. The number of aromatic nitrogens is 2. The molecule has 100 valence electrons. The van der Waals surface area contributed by atoms with E-state index in [9.17, 15) is 0 Å². The molecule has 0 aromatic carbocycles. The Morgan fingerprint density at radius 1 is 1.11 bits per heavy atom. The number of hydrogen-bond donors (Lipinski definition) is 1. The number of ether oxygens (including phenoxy) is 1. The fourth-order valence-electron chi connectivity index (χ4n) is 2.97. The molecule has 1 aromatic heterocycles. The van der Waals surface area contributed by atoms with E-state index in [2.05, 4.69) is 10.1 Å². The Kier molecular flexibility index (Phi) is 3.61. The molecule has 1 aromatic rings. The Labute approximate surface area is 107 Å². The van der Waals surface area contributed by atoms with E-state index in [-0.39, 0.29) is 12.2 Å². The quantitative estimate of drug-likeness (QED) is 0.892. The number of nitrogens with two attached hydrogens (primary N) is 1. The molecule has 0 unspecified atom stereocenters. The van der Waals surface area contributed by atoms with E-state index in [1.165, 1.54) is 32.1 Å². The SMILES string of the molecule is NC[C@H]1CC[C@@H](c2nc(C3CCCCC3)no2)O1. The second kappa shape index (κ2) is 5.36. The first-order valence-electron chi connectivity index (χ1n) is 7.06. The minimum Gasteiger partial charge on any atom is -0.364 e. The van der Waals surface area contributed by atoms with Gasteiger partial charge in [-0.25, -0.2) is 0 Å². The van der Waals surface area contributed by atoms with Crippen LogP contribution in [0.25, 0.3) is 0 Å².